The summed E-state index contributed by atoms with van der Waals surface area (Å²) in [6, 6.07) is 13.2. The molecule has 10 nitrogen and oxygen atoms in total. The van der Waals surface area contributed by atoms with Gasteiger partial charge in [0.05, 0.1) is 24.3 Å². The van der Waals surface area contributed by atoms with Crippen LogP contribution in [0.15, 0.2) is 30.3 Å². The minimum absolute atomic E-state index is 0.140. The number of hydrogen-bond acceptors (Lipinski definition) is 8. The van der Waals surface area contributed by atoms with Crippen LogP contribution in [0.1, 0.15) is 10.1 Å². The first-order chi connectivity index (χ1) is 12.8. The highest BCUT2D eigenvalue weighted by Crippen LogP contribution is 2.33. The molecule has 0 aliphatic heterocycles. The van der Waals surface area contributed by atoms with Gasteiger partial charge in [-0.3, -0.25) is 0 Å². The second-order valence-corrected chi connectivity index (χ2v) is 9.33. The summed E-state index contributed by atoms with van der Waals surface area (Å²) in [4.78, 5) is 0. The van der Waals surface area contributed by atoms with Gasteiger partial charge >= 0.3 is 0 Å². The Kier molecular flexibility index (Phi) is 7.86. The predicted octanol–water partition coefficient (Wildman–Crippen LogP) is 0.0431. The number of sulfonamides is 2. The largest absolute Gasteiger partial charge is 0.239 e. The van der Waals surface area contributed by atoms with Gasteiger partial charge in [-0.05, 0) is 5.56 Å². The first-order valence-corrected chi connectivity index (χ1v) is 10.3. The van der Waals surface area contributed by atoms with Crippen molar-refractivity contribution in [2.24, 2.45) is 0 Å². The standard InChI is InChI=1S/C15H14N6O4S2/c16-6-10-20(11-7-17)26(22,23)15(14-4-2-1-3-5-14)27(24,25)21(12-8-18)13-9-19/h1-5,15H,10-13H2. The van der Waals surface area contributed by atoms with Crippen molar-refractivity contribution in [1.29, 1.82) is 21.0 Å². The van der Waals surface area contributed by atoms with Crippen LogP contribution in [0.5, 0.6) is 0 Å². The van der Waals surface area contributed by atoms with E-state index in [9.17, 15) is 16.8 Å². The lowest BCUT2D eigenvalue weighted by Gasteiger charge is -2.27. The fraction of sp³-hybridized carbons (Fsp3) is 0.333. The van der Waals surface area contributed by atoms with Crippen molar-refractivity contribution in [1.82, 2.24) is 8.61 Å². The zero-order valence-electron chi connectivity index (χ0n) is 13.9. The van der Waals surface area contributed by atoms with E-state index in [1.165, 1.54) is 24.3 Å². The van der Waals surface area contributed by atoms with E-state index in [1.54, 1.807) is 30.3 Å². The molecule has 0 saturated carbocycles. The third-order valence-electron chi connectivity index (χ3n) is 3.32. The van der Waals surface area contributed by atoms with E-state index in [0.717, 1.165) is 0 Å². The zero-order chi connectivity index (χ0) is 20.5. The zero-order valence-corrected chi connectivity index (χ0v) is 15.6. The van der Waals surface area contributed by atoms with Crippen molar-refractivity contribution >= 4 is 20.0 Å². The molecule has 0 spiro atoms. The van der Waals surface area contributed by atoms with Gasteiger partial charge in [-0.1, -0.05) is 30.3 Å². The third kappa shape index (κ3) is 5.01. The van der Waals surface area contributed by atoms with E-state index in [0.29, 0.717) is 8.61 Å². The summed E-state index contributed by atoms with van der Waals surface area (Å²) in [6.45, 7) is -2.92. The van der Waals surface area contributed by atoms with Crippen molar-refractivity contribution in [3.8, 4) is 24.3 Å². The maximum Gasteiger partial charge on any atom is 0.239 e. The van der Waals surface area contributed by atoms with Gasteiger partial charge in [-0.15, -0.1) is 0 Å². The first-order valence-electron chi connectivity index (χ1n) is 7.28. The molecular weight excluding hydrogens is 392 g/mol. The highest BCUT2D eigenvalue weighted by molar-refractivity contribution is 8.06. The summed E-state index contributed by atoms with van der Waals surface area (Å²) in [5.41, 5.74) is -0.140. The van der Waals surface area contributed by atoms with Crippen LogP contribution in [0.4, 0.5) is 0 Å². The Morgan fingerprint density at radius 3 is 1.33 bits per heavy atom. The molecule has 1 aromatic carbocycles. The minimum Gasteiger partial charge on any atom is -0.210 e. The lowest BCUT2D eigenvalue weighted by Crippen LogP contribution is -2.44. The Morgan fingerprint density at radius 1 is 0.704 bits per heavy atom. The fourth-order valence-electron chi connectivity index (χ4n) is 2.17. The van der Waals surface area contributed by atoms with Gasteiger partial charge in [-0.25, -0.2) is 16.8 Å². The SMILES string of the molecule is N#CCN(CC#N)S(=O)(=O)C(c1ccccc1)S(=O)(=O)N(CC#N)CC#N. The molecule has 0 aromatic heterocycles. The summed E-state index contributed by atoms with van der Waals surface area (Å²) >= 11 is 0. The topological polar surface area (TPSA) is 170 Å². The van der Waals surface area contributed by atoms with E-state index in [-0.39, 0.29) is 5.56 Å². The van der Waals surface area contributed by atoms with Crippen LogP contribution in [-0.2, 0) is 20.0 Å². The summed E-state index contributed by atoms with van der Waals surface area (Å²) in [7, 11) is -9.48. The molecule has 0 atom stereocenters. The second kappa shape index (κ2) is 9.63. The lowest BCUT2D eigenvalue weighted by atomic mass is 10.2. The van der Waals surface area contributed by atoms with E-state index < -0.39 is 50.8 Å². The smallest absolute Gasteiger partial charge is 0.210 e. The Labute approximate surface area is 157 Å². The monoisotopic (exact) mass is 406 g/mol. The van der Waals surface area contributed by atoms with Gasteiger partial charge in [0.2, 0.25) is 24.6 Å². The van der Waals surface area contributed by atoms with E-state index in [4.69, 9.17) is 21.0 Å². The van der Waals surface area contributed by atoms with E-state index in [2.05, 4.69) is 0 Å². The summed E-state index contributed by atoms with van der Waals surface area (Å²) in [5.74, 6) is 0. The molecule has 1 aromatic rings. The minimum atomic E-state index is -4.74. The van der Waals surface area contributed by atoms with E-state index in [1.807, 2.05) is 0 Å². The normalized spacial score (nSPS) is 11.5. The quantitative estimate of drug-likeness (QED) is 0.517. The van der Waals surface area contributed by atoms with Gasteiger partial charge in [0.25, 0.3) is 0 Å². The molecule has 0 unspecified atom stereocenters. The van der Waals surface area contributed by atoms with Crippen LogP contribution < -0.4 is 0 Å². The Morgan fingerprint density at radius 2 is 1.04 bits per heavy atom. The maximum absolute atomic E-state index is 13.0. The number of nitrogens with zero attached hydrogens (tertiary/aromatic N) is 6. The average molecular weight is 406 g/mol. The lowest BCUT2D eigenvalue weighted by molar-refractivity contribution is 0.457. The summed E-state index contributed by atoms with van der Waals surface area (Å²) < 4.78 is 50.8. The molecule has 0 N–H and O–H groups in total. The molecule has 0 bridgehead atoms. The molecule has 0 radical (unpaired) electrons. The Bertz CT molecular complexity index is 929. The molecule has 0 aliphatic carbocycles. The Hall–Kier alpha value is -3.00. The van der Waals surface area contributed by atoms with Gasteiger partial charge in [-0.2, -0.15) is 29.7 Å². The average Bonchev–Trinajstić information content (AvgIpc) is 2.62. The second-order valence-electron chi connectivity index (χ2n) is 5.00. The van der Waals surface area contributed by atoms with Crippen molar-refractivity contribution in [2.45, 2.75) is 4.58 Å². The number of nitriles is 4. The van der Waals surface area contributed by atoms with Gasteiger partial charge in [0.1, 0.15) is 26.2 Å². The maximum atomic E-state index is 13.0. The van der Waals surface area contributed by atoms with Gasteiger partial charge in [0.15, 0.2) is 0 Å². The molecular formula is C15H14N6O4S2. The number of benzene rings is 1. The molecule has 12 heteroatoms. The Balaban J connectivity index is 3.69. The van der Waals surface area contributed by atoms with Crippen molar-refractivity contribution in [2.75, 3.05) is 26.2 Å². The first kappa shape index (κ1) is 22.0. The fourth-order valence-corrected chi connectivity index (χ4v) is 6.62. The van der Waals surface area contributed by atoms with Crippen LogP contribution in [0.2, 0.25) is 0 Å². The van der Waals surface area contributed by atoms with Crippen LogP contribution in [0, 0.1) is 45.3 Å². The summed E-state index contributed by atoms with van der Waals surface area (Å²) in [5, 5.41) is 35.4. The van der Waals surface area contributed by atoms with Gasteiger partial charge in [0, 0.05) is 0 Å². The molecule has 1 rings (SSSR count). The van der Waals surface area contributed by atoms with Crippen molar-refractivity contribution < 1.29 is 16.8 Å². The highest BCUT2D eigenvalue weighted by Gasteiger charge is 2.45. The molecule has 0 fully saturated rings. The molecule has 0 aliphatic rings. The predicted molar refractivity (Wildman–Crippen MR) is 92.6 cm³/mol. The molecule has 0 amide bonds. The molecule has 27 heavy (non-hydrogen) atoms. The van der Waals surface area contributed by atoms with Crippen LogP contribution in [-0.4, -0.2) is 51.6 Å². The number of rotatable bonds is 9. The molecule has 140 valence electrons. The van der Waals surface area contributed by atoms with Gasteiger partial charge < -0.3 is 0 Å². The van der Waals surface area contributed by atoms with Crippen molar-refractivity contribution in [3.63, 3.8) is 0 Å². The van der Waals surface area contributed by atoms with Crippen molar-refractivity contribution in [3.05, 3.63) is 35.9 Å². The van der Waals surface area contributed by atoms with Crippen LogP contribution in [0.25, 0.3) is 0 Å². The molecule has 0 heterocycles. The van der Waals surface area contributed by atoms with Crippen LogP contribution >= 0.6 is 0 Å². The van der Waals surface area contributed by atoms with E-state index >= 15 is 0 Å². The number of hydrogen-bond donors (Lipinski definition) is 0. The van der Waals surface area contributed by atoms with Crippen LogP contribution in [0.3, 0.4) is 0 Å². The third-order valence-corrected chi connectivity index (χ3v) is 8.36. The highest BCUT2D eigenvalue weighted by atomic mass is 32.3. The summed E-state index contributed by atoms with van der Waals surface area (Å²) in [6.07, 6.45) is 0. The molecule has 0 saturated heterocycles.